The number of hydrogen-bond donors (Lipinski definition) is 1. The van der Waals surface area contributed by atoms with Gasteiger partial charge in [0.25, 0.3) is 0 Å². The van der Waals surface area contributed by atoms with Gasteiger partial charge in [0.05, 0.1) is 0 Å². The summed E-state index contributed by atoms with van der Waals surface area (Å²) >= 11 is 0. The molecule has 0 radical (unpaired) electrons. The number of para-hydroxylation sites is 1. The highest BCUT2D eigenvalue weighted by atomic mass is 16.5. The fourth-order valence-electron chi connectivity index (χ4n) is 1.27. The summed E-state index contributed by atoms with van der Waals surface area (Å²) in [4.78, 5) is 0. The van der Waals surface area contributed by atoms with Gasteiger partial charge in [0, 0.05) is 12.6 Å². The maximum Gasteiger partial charge on any atom is 0.126 e. The highest BCUT2D eigenvalue weighted by Gasteiger charge is 2.27. The predicted octanol–water partition coefficient (Wildman–Crippen LogP) is 1.43. The molecule has 1 aliphatic rings. The van der Waals surface area contributed by atoms with E-state index in [1.165, 1.54) is 0 Å². The normalized spacial score (nSPS) is 27.8. The lowest BCUT2D eigenvalue weighted by molar-refractivity contribution is 0.0939. The standard InChI is InChI=1S/C10H13NO/c1-8-10(7-11-8)12-9-5-3-2-4-6-9/h2-6,8,10-11H,7H2,1H3/t8-,10-/m0/s1. The van der Waals surface area contributed by atoms with Crippen molar-refractivity contribution in [3.8, 4) is 5.75 Å². The van der Waals surface area contributed by atoms with Crippen LogP contribution in [0.2, 0.25) is 0 Å². The number of ether oxygens (including phenoxy) is 1. The second kappa shape index (κ2) is 3.15. The maximum atomic E-state index is 5.70. The Bertz CT molecular complexity index is 247. The monoisotopic (exact) mass is 163 g/mol. The minimum absolute atomic E-state index is 0.354. The second-order valence-electron chi connectivity index (χ2n) is 3.17. The number of nitrogens with one attached hydrogen (secondary N) is 1. The van der Waals surface area contributed by atoms with Crippen molar-refractivity contribution >= 4 is 0 Å². The van der Waals surface area contributed by atoms with Crippen LogP contribution in [0.1, 0.15) is 6.92 Å². The van der Waals surface area contributed by atoms with Crippen molar-refractivity contribution in [3.63, 3.8) is 0 Å². The highest BCUT2D eigenvalue weighted by Crippen LogP contribution is 2.15. The van der Waals surface area contributed by atoms with Gasteiger partial charge in [0.1, 0.15) is 11.9 Å². The topological polar surface area (TPSA) is 21.3 Å². The second-order valence-corrected chi connectivity index (χ2v) is 3.17. The highest BCUT2D eigenvalue weighted by molar-refractivity contribution is 5.21. The first kappa shape index (κ1) is 7.62. The van der Waals surface area contributed by atoms with E-state index in [-0.39, 0.29) is 0 Å². The van der Waals surface area contributed by atoms with E-state index in [0.29, 0.717) is 12.1 Å². The number of hydrogen-bond acceptors (Lipinski definition) is 2. The average molecular weight is 163 g/mol. The molecule has 1 heterocycles. The molecule has 1 aromatic rings. The summed E-state index contributed by atoms with van der Waals surface area (Å²) < 4.78 is 5.70. The van der Waals surface area contributed by atoms with Crippen LogP contribution in [0.15, 0.2) is 30.3 Å². The molecule has 12 heavy (non-hydrogen) atoms. The van der Waals surface area contributed by atoms with Gasteiger partial charge in [-0.1, -0.05) is 18.2 Å². The Kier molecular flexibility index (Phi) is 2.00. The molecule has 1 N–H and O–H groups in total. The summed E-state index contributed by atoms with van der Waals surface area (Å²) in [6.45, 7) is 3.10. The van der Waals surface area contributed by atoms with E-state index >= 15 is 0 Å². The largest absolute Gasteiger partial charge is 0.487 e. The lowest BCUT2D eigenvalue weighted by Gasteiger charge is -2.35. The number of rotatable bonds is 2. The summed E-state index contributed by atoms with van der Waals surface area (Å²) in [7, 11) is 0. The fourth-order valence-corrected chi connectivity index (χ4v) is 1.27. The first-order valence-corrected chi connectivity index (χ1v) is 4.31. The van der Waals surface area contributed by atoms with Gasteiger partial charge >= 0.3 is 0 Å². The Labute approximate surface area is 72.5 Å². The van der Waals surface area contributed by atoms with Gasteiger partial charge in [-0.05, 0) is 19.1 Å². The van der Waals surface area contributed by atoms with Gasteiger partial charge in [-0.2, -0.15) is 0 Å². The Morgan fingerprint density at radius 1 is 1.33 bits per heavy atom. The Morgan fingerprint density at radius 3 is 2.58 bits per heavy atom. The van der Waals surface area contributed by atoms with E-state index < -0.39 is 0 Å². The lowest BCUT2D eigenvalue weighted by Crippen LogP contribution is -2.58. The molecule has 2 rings (SSSR count). The van der Waals surface area contributed by atoms with Crippen LogP contribution in [0.4, 0.5) is 0 Å². The molecular weight excluding hydrogens is 150 g/mol. The molecule has 1 aliphatic heterocycles. The molecule has 0 bridgehead atoms. The molecule has 1 fully saturated rings. The van der Waals surface area contributed by atoms with Crippen LogP contribution in [-0.2, 0) is 0 Å². The minimum Gasteiger partial charge on any atom is -0.487 e. The van der Waals surface area contributed by atoms with Gasteiger partial charge < -0.3 is 10.1 Å². The maximum absolute atomic E-state index is 5.70. The third kappa shape index (κ3) is 1.43. The van der Waals surface area contributed by atoms with Crippen LogP contribution in [-0.4, -0.2) is 18.7 Å². The molecule has 0 aromatic heterocycles. The van der Waals surface area contributed by atoms with Crippen molar-refractivity contribution in [2.75, 3.05) is 6.54 Å². The van der Waals surface area contributed by atoms with E-state index in [9.17, 15) is 0 Å². The van der Waals surface area contributed by atoms with Crippen LogP contribution in [0.25, 0.3) is 0 Å². The Morgan fingerprint density at radius 2 is 2.08 bits per heavy atom. The summed E-state index contributed by atoms with van der Waals surface area (Å²) in [5, 5.41) is 3.25. The van der Waals surface area contributed by atoms with Gasteiger partial charge in [0.2, 0.25) is 0 Å². The molecule has 64 valence electrons. The molecule has 0 unspecified atom stereocenters. The third-order valence-electron chi connectivity index (χ3n) is 2.23. The van der Waals surface area contributed by atoms with Gasteiger partial charge in [-0.25, -0.2) is 0 Å². The Balaban J connectivity index is 1.95. The van der Waals surface area contributed by atoms with E-state index in [1.807, 2.05) is 30.3 Å². The summed E-state index contributed by atoms with van der Waals surface area (Å²) in [5.74, 6) is 0.968. The molecule has 0 saturated carbocycles. The van der Waals surface area contributed by atoms with Crippen molar-refractivity contribution in [1.82, 2.24) is 5.32 Å². The van der Waals surface area contributed by atoms with Crippen molar-refractivity contribution in [3.05, 3.63) is 30.3 Å². The summed E-state index contributed by atoms with van der Waals surface area (Å²) in [5.41, 5.74) is 0. The quantitative estimate of drug-likeness (QED) is 0.712. The molecule has 0 aliphatic carbocycles. The van der Waals surface area contributed by atoms with Crippen LogP contribution in [0, 0.1) is 0 Å². The first-order valence-electron chi connectivity index (χ1n) is 4.31. The smallest absolute Gasteiger partial charge is 0.126 e. The molecular formula is C10H13NO. The van der Waals surface area contributed by atoms with Crippen molar-refractivity contribution < 1.29 is 4.74 Å². The molecule has 2 atom stereocenters. The SMILES string of the molecule is C[C@@H]1NC[C@@H]1Oc1ccccc1. The molecule has 1 saturated heterocycles. The minimum atomic E-state index is 0.354. The molecule has 1 aromatic carbocycles. The summed E-state index contributed by atoms with van der Waals surface area (Å²) in [6.07, 6.45) is 0.354. The van der Waals surface area contributed by atoms with Crippen molar-refractivity contribution in [2.45, 2.75) is 19.1 Å². The zero-order chi connectivity index (χ0) is 8.39. The molecule has 2 heteroatoms. The Hall–Kier alpha value is -1.02. The predicted molar refractivity (Wildman–Crippen MR) is 48.3 cm³/mol. The van der Waals surface area contributed by atoms with Gasteiger partial charge in [-0.3, -0.25) is 0 Å². The van der Waals surface area contributed by atoms with Crippen molar-refractivity contribution in [1.29, 1.82) is 0 Å². The van der Waals surface area contributed by atoms with E-state index in [2.05, 4.69) is 12.2 Å². The first-order chi connectivity index (χ1) is 5.86. The van der Waals surface area contributed by atoms with Gasteiger partial charge in [-0.15, -0.1) is 0 Å². The third-order valence-corrected chi connectivity index (χ3v) is 2.23. The lowest BCUT2D eigenvalue weighted by atomic mass is 10.1. The zero-order valence-corrected chi connectivity index (χ0v) is 7.16. The van der Waals surface area contributed by atoms with Crippen LogP contribution >= 0.6 is 0 Å². The van der Waals surface area contributed by atoms with Crippen molar-refractivity contribution in [2.24, 2.45) is 0 Å². The van der Waals surface area contributed by atoms with Crippen LogP contribution < -0.4 is 10.1 Å². The molecule has 0 amide bonds. The average Bonchev–Trinajstić information content (AvgIpc) is 2.14. The van der Waals surface area contributed by atoms with E-state index in [0.717, 1.165) is 12.3 Å². The van der Waals surface area contributed by atoms with Gasteiger partial charge in [0.15, 0.2) is 0 Å². The fraction of sp³-hybridized carbons (Fsp3) is 0.400. The van der Waals surface area contributed by atoms with Crippen LogP contribution in [0.5, 0.6) is 5.75 Å². The number of benzene rings is 1. The zero-order valence-electron chi connectivity index (χ0n) is 7.16. The van der Waals surface area contributed by atoms with E-state index in [4.69, 9.17) is 4.74 Å². The van der Waals surface area contributed by atoms with Crippen LogP contribution in [0.3, 0.4) is 0 Å². The molecule has 2 nitrogen and oxygen atoms in total. The summed E-state index contributed by atoms with van der Waals surface area (Å²) in [6, 6.07) is 10.5. The van der Waals surface area contributed by atoms with E-state index in [1.54, 1.807) is 0 Å². The molecule has 0 spiro atoms.